The zero-order valence-electron chi connectivity index (χ0n) is 17.7. The molecular weight excluding hydrogens is 430 g/mol. The lowest BCUT2D eigenvalue weighted by atomic mass is 10.1. The zero-order valence-corrected chi connectivity index (χ0v) is 19.4. The number of amides is 1. The Bertz CT molecular complexity index is 1220. The molecule has 2 aliphatic rings. The first-order valence-corrected chi connectivity index (χ1v) is 12.5. The van der Waals surface area contributed by atoms with Gasteiger partial charge in [0, 0.05) is 23.7 Å². The van der Waals surface area contributed by atoms with Crippen LogP contribution in [0.2, 0.25) is 0 Å². The molecule has 1 aliphatic carbocycles. The van der Waals surface area contributed by atoms with Gasteiger partial charge in [-0.25, -0.2) is 4.98 Å². The molecule has 0 fully saturated rings. The first kappa shape index (κ1) is 20.7. The maximum Gasteiger partial charge on any atom is 0.263 e. The number of aryl methyl sites for hydroxylation is 2. The molecular formula is C23H25N3O3S2. The van der Waals surface area contributed by atoms with Crippen molar-refractivity contribution in [3.8, 4) is 0 Å². The minimum atomic E-state index is -0.00344. The molecule has 8 heteroatoms. The molecule has 162 valence electrons. The predicted molar refractivity (Wildman–Crippen MR) is 126 cm³/mol. The lowest BCUT2D eigenvalue weighted by molar-refractivity contribution is -0.116. The van der Waals surface area contributed by atoms with Crippen LogP contribution in [0.3, 0.4) is 0 Å². The van der Waals surface area contributed by atoms with E-state index in [1.54, 1.807) is 23.0 Å². The fraction of sp³-hybridized carbons (Fsp3) is 0.435. The van der Waals surface area contributed by atoms with Gasteiger partial charge in [0.05, 0.1) is 24.3 Å². The Hall–Kier alpha value is -2.16. The number of carbonyl (C=O) groups is 1. The molecule has 1 aromatic carbocycles. The number of para-hydroxylation sites is 1. The van der Waals surface area contributed by atoms with Crippen molar-refractivity contribution in [1.82, 2.24) is 9.55 Å². The average Bonchev–Trinajstić information content (AvgIpc) is 3.43. The summed E-state index contributed by atoms with van der Waals surface area (Å²) in [5, 5.41) is 1.37. The van der Waals surface area contributed by atoms with Gasteiger partial charge in [0.2, 0.25) is 5.91 Å². The van der Waals surface area contributed by atoms with Crippen LogP contribution < -0.4 is 10.5 Å². The van der Waals surface area contributed by atoms with Gasteiger partial charge in [0.15, 0.2) is 5.16 Å². The minimum Gasteiger partial charge on any atom is -0.383 e. The Balaban J connectivity index is 1.45. The molecule has 6 nitrogen and oxygen atoms in total. The molecule has 31 heavy (non-hydrogen) atoms. The van der Waals surface area contributed by atoms with E-state index >= 15 is 0 Å². The van der Waals surface area contributed by atoms with Crippen LogP contribution in [-0.2, 0) is 35.3 Å². The van der Waals surface area contributed by atoms with E-state index in [0.29, 0.717) is 18.3 Å². The van der Waals surface area contributed by atoms with Crippen LogP contribution in [0.25, 0.3) is 10.2 Å². The van der Waals surface area contributed by atoms with Crippen molar-refractivity contribution >= 4 is 44.9 Å². The van der Waals surface area contributed by atoms with E-state index in [1.807, 2.05) is 23.1 Å². The smallest absolute Gasteiger partial charge is 0.263 e. The Labute approximate surface area is 189 Å². The van der Waals surface area contributed by atoms with Gasteiger partial charge >= 0.3 is 0 Å². The number of hydrogen-bond donors (Lipinski definition) is 0. The van der Waals surface area contributed by atoms with Gasteiger partial charge < -0.3 is 9.64 Å². The van der Waals surface area contributed by atoms with Gasteiger partial charge in [-0.1, -0.05) is 30.0 Å². The van der Waals surface area contributed by atoms with Crippen LogP contribution in [0.4, 0.5) is 5.69 Å². The number of benzene rings is 1. The van der Waals surface area contributed by atoms with E-state index in [-0.39, 0.29) is 23.3 Å². The van der Waals surface area contributed by atoms with Gasteiger partial charge in [-0.05, 0) is 49.8 Å². The highest BCUT2D eigenvalue weighted by Crippen LogP contribution is 2.36. The maximum absolute atomic E-state index is 13.4. The Morgan fingerprint density at radius 1 is 1.32 bits per heavy atom. The largest absolute Gasteiger partial charge is 0.383 e. The number of methoxy groups -OCH3 is 1. The van der Waals surface area contributed by atoms with E-state index in [4.69, 9.17) is 9.72 Å². The highest BCUT2D eigenvalue weighted by Gasteiger charge is 2.31. The van der Waals surface area contributed by atoms with Crippen molar-refractivity contribution in [2.45, 2.75) is 50.4 Å². The third kappa shape index (κ3) is 3.60. The molecule has 0 bridgehead atoms. The Kier molecular flexibility index (Phi) is 5.62. The molecule has 0 saturated heterocycles. The number of ether oxygens (including phenoxy) is 1. The molecule has 2 aromatic heterocycles. The van der Waals surface area contributed by atoms with Crippen molar-refractivity contribution in [3.63, 3.8) is 0 Å². The maximum atomic E-state index is 13.4. The van der Waals surface area contributed by atoms with Crippen molar-refractivity contribution in [3.05, 3.63) is 50.6 Å². The van der Waals surface area contributed by atoms with Gasteiger partial charge in [0.25, 0.3) is 5.56 Å². The van der Waals surface area contributed by atoms with Crippen LogP contribution in [0.15, 0.2) is 34.2 Å². The second-order valence-corrected chi connectivity index (χ2v) is 10.1. The summed E-state index contributed by atoms with van der Waals surface area (Å²) in [6, 6.07) is 8.21. The summed E-state index contributed by atoms with van der Waals surface area (Å²) >= 11 is 2.98. The van der Waals surface area contributed by atoms with Crippen LogP contribution in [0.5, 0.6) is 0 Å². The number of thiophene rings is 1. The molecule has 0 unspecified atom stereocenters. The monoisotopic (exact) mass is 455 g/mol. The number of fused-ring (bicyclic) bond motifs is 4. The summed E-state index contributed by atoms with van der Waals surface area (Å²) < 4.78 is 6.92. The van der Waals surface area contributed by atoms with Gasteiger partial charge in [0.1, 0.15) is 4.83 Å². The number of rotatable bonds is 6. The van der Waals surface area contributed by atoms with E-state index in [9.17, 15) is 9.59 Å². The molecule has 0 saturated carbocycles. The highest BCUT2D eigenvalue weighted by atomic mass is 32.2. The number of hydrogen-bond acceptors (Lipinski definition) is 6. The number of thioether (sulfide) groups is 1. The van der Waals surface area contributed by atoms with Crippen LogP contribution in [0, 0.1) is 0 Å². The van der Waals surface area contributed by atoms with Crippen molar-refractivity contribution in [2.75, 3.05) is 24.4 Å². The average molecular weight is 456 g/mol. The lowest BCUT2D eigenvalue weighted by Gasteiger charge is -2.22. The van der Waals surface area contributed by atoms with E-state index in [0.717, 1.165) is 41.6 Å². The number of aromatic nitrogens is 2. The number of nitrogens with zero attached hydrogens (tertiary/aromatic N) is 3. The minimum absolute atomic E-state index is 0.00344. The second-order valence-electron chi connectivity index (χ2n) is 8.12. The van der Waals surface area contributed by atoms with E-state index in [1.165, 1.54) is 27.8 Å². The number of anilines is 1. The molecule has 0 radical (unpaired) electrons. The van der Waals surface area contributed by atoms with Gasteiger partial charge in [-0.15, -0.1) is 11.3 Å². The molecule has 0 N–H and O–H groups in total. The summed E-state index contributed by atoms with van der Waals surface area (Å²) in [5.41, 5.74) is 3.38. The predicted octanol–water partition coefficient (Wildman–Crippen LogP) is 3.66. The van der Waals surface area contributed by atoms with Crippen molar-refractivity contribution in [2.24, 2.45) is 0 Å². The first-order chi connectivity index (χ1) is 15.1. The Morgan fingerprint density at radius 2 is 2.16 bits per heavy atom. The molecule has 1 aliphatic heterocycles. The molecule has 5 rings (SSSR count). The topological polar surface area (TPSA) is 64.4 Å². The zero-order chi connectivity index (χ0) is 21.5. The van der Waals surface area contributed by atoms with Crippen LogP contribution >= 0.6 is 23.1 Å². The van der Waals surface area contributed by atoms with Gasteiger partial charge in [-0.3, -0.25) is 14.2 Å². The fourth-order valence-corrected chi connectivity index (χ4v) is 6.88. The summed E-state index contributed by atoms with van der Waals surface area (Å²) in [7, 11) is 1.63. The third-order valence-electron chi connectivity index (χ3n) is 6.11. The summed E-state index contributed by atoms with van der Waals surface area (Å²) in [6.07, 6.45) is 3.96. The van der Waals surface area contributed by atoms with E-state index in [2.05, 4.69) is 13.0 Å². The van der Waals surface area contributed by atoms with Crippen molar-refractivity contribution in [1.29, 1.82) is 0 Å². The van der Waals surface area contributed by atoms with E-state index < -0.39 is 0 Å². The summed E-state index contributed by atoms with van der Waals surface area (Å²) in [6.45, 7) is 2.94. The standard InChI is InChI=1S/C23H25N3O3S2/c1-14-12-15-6-3-4-8-17(15)26(14)19(27)13-30-23-24-21-20(16-7-5-9-18(16)31-21)22(28)25(23)10-11-29-2/h3-4,6,8,14H,5,7,9-13H2,1-2H3/t14-/m0/s1. The molecule has 3 heterocycles. The fourth-order valence-electron chi connectivity index (χ4n) is 4.69. The first-order valence-electron chi connectivity index (χ1n) is 10.6. The third-order valence-corrected chi connectivity index (χ3v) is 8.26. The van der Waals surface area contributed by atoms with Crippen LogP contribution in [-0.4, -0.2) is 41.0 Å². The number of carbonyl (C=O) groups excluding carboxylic acids is 1. The molecule has 0 spiro atoms. The van der Waals surface area contributed by atoms with Crippen LogP contribution in [0.1, 0.15) is 29.3 Å². The molecule has 3 aromatic rings. The molecule has 1 atom stereocenters. The molecule has 1 amide bonds. The normalized spacial score (nSPS) is 17.4. The van der Waals surface area contributed by atoms with Crippen molar-refractivity contribution < 1.29 is 9.53 Å². The lowest BCUT2D eigenvalue weighted by Crippen LogP contribution is -2.37. The highest BCUT2D eigenvalue weighted by molar-refractivity contribution is 7.99. The summed E-state index contributed by atoms with van der Waals surface area (Å²) in [4.78, 5) is 35.3. The summed E-state index contributed by atoms with van der Waals surface area (Å²) in [5.74, 6) is 0.290. The quantitative estimate of drug-likeness (QED) is 0.419. The Morgan fingerprint density at radius 3 is 3.00 bits per heavy atom. The van der Waals surface area contributed by atoms with Gasteiger partial charge in [-0.2, -0.15) is 0 Å². The SMILES string of the molecule is COCCn1c(SCC(=O)N2c3ccccc3C[C@@H]2C)nc2sc3c(c2c1=O)CCC3. The second kappa shape index (κ2) is 8.41.